The van der Waals surface area contributed by atoms with Crippen LogP contribution in [-0.4, -0.2) is 63.7 Å². The lowest BCUT2D eigenvalue weighted by atomic mass is 10.1. The highest BCUT2D eigenvalue weighted by atomic mass is 32.2. The van der Waals surface area contributed by atoms with Gasteiger partial charge in [0.05, 0.1) is 11.9 Å². The highest BCUT2D eigenvalue weighted by molar-refractivity contribution is 7.92. The Bertz CT molecular complexity index is 1190. The quantitative estimate of drug-likeness (QED) is 0.488. The number of benzene rings is 2. The molecule has 0 bridgehead atoms. The summed E-state index contributed by atoms with van der Waals surface area (Å²) in [6.45, 7) is 4.49. The normalized spacial score (nSPS) is 13.6. The molecule has 0 saturated carbocycles. The lowest BCUT2D eigenvalue weighted by Crippen LogP contribution is -2.47. The third-order valence-corrected chi connectivity index (χ3v) is 6.98. The van der Waals surface area contributed by atoms with Crippen LogP contribution in [-0.2, 0) is 26.2 Å². The predicted molar refractivity (Wildman–Crippen MR) is 134 cm³/mol. The van der Waals surface area contributed by atoms with Gasteiger partial charge in [-0.1, -0.05) is 18.2 Å². The number of rotatable bonds is 11. The molecule has 2 amide bonds. The van der Waals surface area contributed by atoms with Crippen molar-refractivity contribution < 1.29 is 31.9 Å². The van der Waals surface area contributed by atoms with Gasteiger partial charge in [-0.05, 0) is 38.5 Å². The molecule has 2 aromatic rings. The summed E-state index contributed by atoms with van der Waals surface area (Å²) in [4.78, 5) is 27.0. The zero-order chi connectivity index (χ0) is 26.3. The van der Waals surface area contributed by atoms with Crippen molar-refractivity contribution in [2.24, 2.45) is 0 Å². The van der Waals surface area contributed by atoms with E-state index >= 15 is 0 Å². The van der Waals surface area contributed by atoms with Crippen LogP contribution in [0.15, 0.2) is 42.5 Å². The zero-order valence-electron chi connectivity index (χ0n) is 20.7. The minimum Gasteiger partial charge on any atom is -0.486 e. The molecule has 1 unspecified atom stereocenters. The van der Waals surface area contributed by atoms with E-state index in [1.54, 1.807) is 50.2 Å². The molecule has 3 rings (SSSR count). The van der Waals surface area contributed by atoms with E-state index in [-0.39, 0.29) is 43.3 Å². The molecular formula is C25H32FN3O6S. The zero-order valence-corrected chi connectivity index (χ0v) is 21.5. The number of ether oxygens (including phenoxy) is 2. The number of hydrogen-bond acceptors (Lipinski definition) is 6. The Hall–Kier alpha value is -3.34. The highest BCUT2D eigenvalue weighted by Crippen LogP contribution is 2.34. The summed E-state index contributed by atoms with van der Waals surface area (Å²) >= 11 is 0. The van der Waals surface area contributed by atoms with Gasteiger partial charge in [0.25, 0.3) is 0 Å². The minimum atomic E-state index is -3.66. The maximum absolute atomic E-state index is 14.3. The number of likely N-dealkylation sites (N-methyl/N-ethyl adjacent to an activating group) is 1. The van der Waals surface area contributed by atoms with Gasteiger partial charge in [-0.25, -0.2) is 12.8 Å². The first-order chi connectivity index (χ1) is 17.1. The largest absolute Gasteiger partial charge is 0.486 e. The summed E-state index contributed by atoms with van der Waals surface area (Å²) in [7, 11) is -3.66. The second kappa shape index (κ2) is 12.1. The summed E-state index contributed by atoms with van der Waals surface area (Å²) in [6.07, 6.45) is 1.25. The molecule has 0 saturated heterocycles. The first-order valence-electron chi connectivity index (χ1n) is 11.8. The van der Waals surface area contributed by atoms with Gasteiger partial charge in [0.1, 0.15) is 25.1 Å². The third kappa shape index (κ3) is 6.87. The lowest BCUT2D eigenvalue weighted by Gasteiger charge is -2.29. The van der Waals surface area contributed by atoms with Crippen LogP contribution >= 0.6 is 0 Å². The number of carbonyl (C=O) groups is 2. The van der Waals surface area contributed by atoms with Crippen molar-refractivity contribution in [1.82, 2.24) is 10.2 Å². The van der Waals surface area contributed by atoms with Crippen molar-refractivity contribution >= 4 is 27.5 Å². The SMILES string of the molecule is CCNC(=O)C(C)N(Cc1ccccc1F)C(=O)CCCN(c1ccc2c(c1)OCCO2)S(C)(=O)=O. The molecule has 2 aromatic carbocycles. The monoisotopic (exact) mass is 521 g/mol. The number of fused-ring (bicyclic) bond motifs is 1. The Kier molecular flexibility index (Phi) is 9.14. The van der Waals surface area contributed by atoms with E-state index in [0.717, 1.165) is 6.26 Å². The van der Waals surface area contributed by atoms with Gasteiger partial charge in [-0.15, -0.1) is 0 Å². The Labute approximate surface area is 211 Å². The molecule has 11 heteroatoms. The van der Waals surface area contributed by atoms with Crippen LogP contribution in [0.2, 0.25) is 0 Å². The molecule has 1 atom stereocenters. The number of nitrogens with zero attached hydrogens (tertiary/aromatic N) is 2. The molecule has 9 nitrogen and oxygen atoms in total. The lowest BCUT2D eigenvalue weighted by molar-refractivity contribution is -0.140. The molecule has 0 fully saturated rings. The highest BCUT2D eigenvalue weighted by Gasteiger charge is 2.27. The van der Waals surface area contributed by atoms with Crippen molar-refractivity contribution in [2.45, 2.75) is 39.3 Å². The number of anilines is 1. The van der Waals surface area contributed by atoms with E-state index in [1.165, 1.54) is 15.3 Å². The molecule has 1 N–H and O–H groups in total. The van der Waals surface area contributed by atoms with E-state index in [2.05, 4.69) is 5.32 Å². The van der Waals surface area contributed by atoms with E-state index in [0.29, 0.717) is 36.9 Å². The Morgan fingerprint density at radius 2 is 1.81 bits per heavy atom. The summed E-state index contributed by atoms with van der Waals surface area (Å²) in [5.74, 6) is -0.212. The fourth-order valence-electron chi connectivity index (χ4n) is 3.91. The number of halogens is 1. The van der Waals surface area contributed by atoms with Gasteiger partial charge in [0.15, 0.2) is 11.5 Å². The molecule has 0 radical (unpaired) electrons. The first-order valence-corrected chi connectivity index (χ1v) is 13.6. The number of amides is 2. The molecule has 0 aromatic heterocycles. The topological polar surface area (TPSA) is 105 Å². The van der Waals surface area contributed by atoms with Crippen LogP contribution < -0.4 is 19.1 Å². The maximum Gasteiger partial charge on any atom is 0.242 e. The maximum atomic E-state index is 14.3. The Morgan fingerprint density at radius 1 is 1.11 bits per heavy atom. The van der Waals surface area contributed by atoms with Crippen LogP contribution in [0.5, 0.6) is 11.5 Å². The number of hydrogen-bond donors (Lipinski definition) is 1. The number of sulfonamides is 1. The van der Waals surface area contributed by atoms with Crippen molar-refractivity contribution in [3.63, 3.8) is 0 Å². The molecule has 1 heterocycles. The first kappa shape index (κ1) is 27.3. The molecule has 36 heavy (non-hydrogen) atoms. The average Bonchev–Trinajstić information content (AvgIpc) is 2.84. The van der Waals surface area contributed by atoms with Crippen molar-refractivity contribution in [2.75, 3.05) is 36.9 Å². The van der Waals surface area contributed by atoms with Crippen molar-refractivity contribution in [3.8, 4) is 11.5 Å². The Morgan fingerprint density at radius 3 is 2.47 bits per heavy atom. The summed E-state index contributed by atoms with van der Waals surface area (Å²) < 4.78 is 51.6. The minimum absolute atomic E-state index is 0.0330. The molecule has 1 aliphatic heterocycles. The fourth-order valence-corrected chi connectivity index (χ4v) is 4.86. The van der Waals surface area contributed by atoms with E-state index in [9.17, 15) is 22.4 Å². The van der Waals surface area contributed by atoms with Crippen LogP contribution in [0.25, 0.3) is 0 Å². The third-order valence-electron chi connectivity index (χ3n) is 5.78. The smallest absolute Gasteiger partial charge is 0.242 e. The van der Waals surface area contributed by atoms with E-state index in [4.69, 9.17) is 9.47 Å². The van der Waals surface area contributed by atoms with Crippen LogP contribution in [0, 0.1) is 5.82 Å². The van der Waals surface area contributed by atoms with E-state index in [1.807, 2.05) is 0 Å². The second-order valence-corrected chi connectivity index (χ2v) is 10.4. The van der Waals surface area contributed by atoms with Crippen LogP contribution in [0.3, 0.4) is 0 Å². The molecule has 196 valence electrons. The number of nitrogens with one attached hydrogen (secondary N) is 1. The predicted octanol–water partition coefficient (Wildman–Crippen LogP) is 2.70. The number of carbonyl (C=O) groups excluding carboxylic acids is 2. The molecular weight excluding hydrogens is 489 g/mol. The summed E-state index contributed by atoms with van der Waals surface area (Å²) in [5.41, 5.74) is 0.684. The van der Waals surface area contributed by atoms with Gasteiger partial charge in [-0.3, -0.25) is 13.9 Å². The average molecular weight is 522 g/mol. The van der Waals surface area contributed by atoms with Crippen molar-refractivity contribution in [1.29, 1.82) is 0 Å². The standard InChI is InChI=1S/C25H32FN3O6S/c1-4-27-25(31)18(2)28(17-19-8-5-6-9-21(19)26)24(30)10-7-13-29(36(3,32)33)20-11-12-22-23(16-20)35-15-14-34-22/h5-6,8-9,11-12,16,18H,4,7,10,13-15,17H2,1-3H3,(H,27,31). The van der Waals surface area contributed by atoms with Gasteiger partial charge in [0, 0.05) is 37.7 Å². The van der Waals surface area contributed by atoms with Gasteiger partial charge < -0.3 is 19.7 Å². The van der Waals surface area contributed by atoms with Crippen molar-refractivity contribution in [3.05, 3.63) is 53.8 Å². The second-order valence-electron chi connectivity index (χ2n) is 8.45. The molecule has 1 aliphatic rings. The fraction of sp³-hybridized carbons (Fsp3) is 0.440. The summed E-state index contributed by atoms with van der Waals surface area (Å²) in [6, 6.07) is 10.1. The van der Waals surface area contributed by atoms with Gasteiger partial charge in [-0.2, -0.15) is 0 Å². The van der Waals surface area contributed by atoms with Crippen LogP contribution in [0.1, 0.15) is 32.3 Å². The molecule has 0 aliphatic carbocycles. The van der Waals surface area contributed by atoms with Crippen LogP contribution in [0.4, 0.5) is 10.1 Å². The van der Waals surface area contributed by atoms with E-state index < -0.39 is 21.9 Å². The Balaban J connectivity index is 1.74. The van der Waals surface area contributed by atoms with Gasteiger partial charge in [0.2, 0.25) is 21.8 Å². The summed E-state index contributed by atoms with van der Waals surface area (Å²) in [5, 5.41) is 2.69. The van der Waals surface area contributed by atoms with Gasteiger partial charge >= 0.3 is 0 Å². The molecule has 0 spiro atoms.